The van der Waals surface area contributed by atoms with E-state index in [4.69, 9.17) is 4.98 Å². The van der Waals surface area contributed by atoms with Gasteiger partial charge in [0.25, 0.3) is 0 Å². The Morgan fingerprint density at radius 3 is 2.27 bits per heavy atom. The van der Waals surface area contributed by atoms with Gasteiger partial charge in [0.15, 0.2) is 5.78 Å². The quantitative estimate of drug-likeness (QED) is 0.353. The Hall–Kier alpha value is -3.06. The minimum Gasteiger partial charge on any atom is -0.388 e. The van der Waals surface area contributed by atoms with Gasteiger partial charge in [-0.25, -0.2) is 4.39 Å². The summed E-state index contributed by atoms with van der Waals surface area (Å²) in [6.07, 6.45) is -3.48. The number of fused-ring (bicyclic) bond motifs is 1. The zero-order valence-electron chi connectivity index (χ0n) is 18.2. The Kier molecular flexibility index (Phi) is 6.10. The molecular weight excluding hydrogens is 434 g/mol. The molecule has 0 spiro atoms. The van der Waals surface area contributed by atoms with Gasteiger partial charge in [-0.15, -0.1) is 0 Å². The summed E-state index contributed by atoms with van der Waals surface area (Å²) in [6, 6.07) is 9.69. The van der Waals surface area contributed by atoms with Crippen molar-refractivity contribution in [1.82, 2.24) is 4.98 Å². The SMILES string of the molecule is CC(C)c1nc2c(c(-c3ccc(F)cc3)c1C(=O)c1ccc(C(F)(F)F)cc1)C(O)CCC2. The third kappa shape index (κ3) is 4.42. The molecule has 1 aliphatic rings. The fourth-order valence-electron chi connectivity index (χ4n) is 4.34. The topological polar surface area (TPSA) is 50.2 Å². The highest BCUT2D eigenvalue weighted by molar-refractivity contribution is 6.14. The summed E-state index contributed by atoms with van der Waals surface area (Å²) in [6.45, 7) is 3.76. The molecule has 0 radical (unpaired) electrons. The number of hydrogen-bond acceptors (Lipinski definition) is 3. The number of alkyl halides is 3. The van der Waals surface area contributed by atoms with Crippen molar-refractivity contribution in [2.45, 2.75) is 51.3 Å². The van der Waals surface area contributed by atoms with Gasteiger partial charge in [0, 0.05) is 22.4 Å². The van der Waals surface area contributed by atoms with Gasteiger partial charge in [-0.2, -0.15) is 13.2 Å². The molecule has 0 bridgehead atoms. The number of aryl methyl sites for hydroxylation is 1. The molecule has 7 heteroatoms. The molecule has 0 amide bonds. The van der Waals surface area contributed by atoms with E-state index in [1.54, 1.807) is 12.1 Å². The van der Waals surface area contributed by atoms with E-state index in [-0.39, 0.29) is 17.0 Å². The van der Waals surface area contributed by atoms with E-state index >= 15 is 0 Å². The van der Waals surface area contributed by atoms with Crippen molar-refractivity contribution in [2.24, 2.45) is 0 Å². The van der Waals surface area contributed by atoms with Crippen LogP contribution in [0.2, 0.25) is 0 Å². The number of nitrogens with zero attached hydrogens (tertiary/aromatic N) is 1. The van der Waals surface area contributed by atoms with Crippen LogP contribution >= 0.6 is 0 Å². The highest BCUT2D eigenvalue weighted by Gasteiger charge is 2.33. The fourth-order valence-corrected chi connectivity index (χ4v) is 4.34. The first-order valence-electron chi connectivity index (χ1n) is 10.8. The Balaban J connectivity index is 1.99. The summed E-state index contributed by atoms with van der Waals surface area (Å²) >= 11 is 0. The molecule has 33 heavy (non-hydrogen) atoms. The van der Waals surface area contributed by atoms with Crippen molar-refractivity contribution < 1.29 is 27.5 Å². The lowest BCUT2D eigenvalue weighted by Gasteiger charge is -2.28. The van der Waals surface area contributed by atoms with Crippen LogP contribution in [0.15, 0.2) is 48.5 Å². The number of aromatic nitrogens is 1. The van der Waals surface area contributed by atoms with Gasteiger partial charge < -0.3 is 5.11 Å². The first-order chi connectivity index (χ1) is 15.6. The van der Waals surface area contributed by atoms with Gasteiger partial charge in [0.2, 0.25) is 0 Å². The van der Waals surface area contributed by atoms with Gasteiger partial charge in [0.1, 0.15) is 5.82 Å². The van der Waals surface area contributed by atoms with E-state index in [2.05, 4.69) is 0 Å². The van der Waals surface area contributed by atoms with Crippen LogP contribution in [0, 0.1) is 5.82 Å². The van der Waals surface area contributed by atoms with Crippen LogP contribution < -0.4 is 0 Å². The molecule has 3 aromatic rings. The van der Waals surface area contributed by atoms with Crippen LogP contribution in [0.5, 0.6) is 0 Å². The minimum atomic E-state index is -4.51. The van der Waals surface area contributed by atoms with Crippen molar-refractivity contribution >= 4 is 5.78 Å². The average molecular weight is 457 g/mol. The normalized spacial score (nSPS) is 16.1. The summed E-state index contributed by atoms with van der Waals surface area (Å²) in [7, 11) is 0. The van der Waals surface area contributed by atoms with Crippen molar-refractivity contribution in [3.63, 3.8) is 0 Å². The molecule has 1 atom stereocenters. The van der Waals surface area contributed by atoms with Crippen LogP contribution in [-0.4, -0.2) is 15.9 Å². The molecule has 1 aromatic heterocycles. The standard InChI is InChI=1S/C26H23F4NO2/c1-14(2)24-23(25(33)16-6-10-17(11-7-16)26(28,29)30)21(15-8-12-18(27)13-9-15)22-19(31-24)4-3-5-20(22)32/h6-14,20,32H,3-5H2,1-2H3. The van der Waals surface area contributed by atoms with Gasteiger partial charge >= 0.3 is 6.18 Å². The maximum atomic E-state index is 13.7. The third-order valence-corrected chi connectivity index (χ3v) is 5.95. The first-order valence-corrected chi connectivity index (χ1v) is 10.8. The van der Waals surface area contributed by atoms with Gasteiger partial charge in [-0.05, 0) is 55.0 Å². The number of aliphatic hydroxyl groups is 1. The fraction of sp³-hybridized carbons (Fsp3) is 0.308. The largest absolute Gasteiger partial charge is 0.416 e. The number of hydrogen-bond donors (Lipinski definition) is 1. The zero-order chi connectivity index (χ0) is 23.9. The molecule has 172 valence electrons. The van der Waals surface area contributed by atoms with Gasteiger partial charge in [-0.1, -0.05) is 38.1 Å². The van der Waals surface area contributed by atoms with Gasteiger partial charge in [0.05, 0.1) is 22.9 Å². The van der Waals surface area contributed by atoms with Crippen LogP contribution in [0.25, 0.3) is 11.1 Å². The van der Waals surface area contributed by atoms with Crippen LogP contribution in [0.1, 0.15) is 77.1 Å². The molecule has 0 aliphatic heterocycles. The molecule has 2 aromatic carbocycles. The number of halogens is 4. The second kappa shape index (κ2) is 8.71. The maximum Gasteiger partial charge on any atom is 0.416 e. The van der Waals surface area contributed by atoms with E-state index in [1.165, 1.54) is 12.1 Å². The smallest absolute Gasteiger partial charge is 0.388 e. The number of carbonyl (C=O) groups is 1. The average Bonchev–Trinajstić information content (AvgIpc) is 2.77. The van der Waals surface area contributed by atoms with E-state index in [0.29, 0.717) is 40.9 Å². The summed E-state index contributed by atoms with van der Waals surface area (Å²) < 4.78 is 52.7. The molecule has 1 aliphatic carbocycles. The van der Waals surface area contributed by atoms with Crippen molar-refractivity contribution in [2.75, 3.05) is 0 Å². The van der Waals surface area contributed by atoms with E-state index < -0.39 is 29.4 Å². The highest BCUT2D eigenvalue weighted by Crippen LogP contribution is 2.42. The van der Waals surface area contributed by atoms with Crippen LogP contribution in [0.4, 0.5) is 17.6 Å². The third-order valence-electron chi connectivity index (χ3n) is 5.95. The zero-order valence-corrected chi connectivity index (χ0v) is 18.2. The summed E-state index contributed by atoms with van der Waals surface area (Å²) in [5.74, 6) is -1.09. The van der Waals surface area contributed by atoms with Crippen LogP contribution in [-0.2, 0) is 12.6 Å². The predicted molar refractivity (Wildman–Crippen MR) is 116 cm³/mol. The second-order valence-corrected chi connectivity index (χ2v) is 8.58. The summed E-state index contributed by atoms with van der Waals surface area (Å²) in [5, 5.41) is 10.8. The molecule has 1 N–H and O–H groups in total. The number of rotatable bonds is 4. The Morgan fingerprint density at radius 1 is 1.06 bits per heavy atom. The maximum absolute atomic E-state index is 13.7. The molecular formula is C26H23F4NO2. The highest BCUT2D eigenvalue weighted by atomic mass is 19.4. The Bertz CT molecular complexity index is 1180. The van der Waals surface area contributed by atoms with Crippen LogP contribution in [0.3, 0.4) is 0 Å². The van der Waals surface area contributed by atoms with Crippen molar-refractivity contribution in [1.29, 1.82) is 0 Å². The first kappa shape index (κ1) is 23.1. The second-order valence-electron chi connectivity index (χ2n) is 8.58. The van der Waals surface area contributed by atoms with Gasteiger partial charge in [-0.3, -0.25) is 9.78 Å². The van der Waals surface area contributed by atoms with Crippen molar-refractivity contribution in [3.8, 4) is 11.1 Å². The molecule has 0 fully saturated rings. The van der Waals surface area contributed by atoms with E-state index in [9.17, 15) is 27.5 Å². The lowest BCUT2D eigenvalue weighted by molar-refractivity contribution is -0.137. The molecule has 1 heterocycles. The Morgan fingerprint density at radius 2 is 1.70 bits per heavy atom. The number of benzene rings is 2. The lowest BCUT2D eigenvalue weighted by atomic mass is 9.80. The molecule has 4 rings (SSSR count). The van der Waals surface area contributed by atoms with E-state index in [0.717, 1.165) is 30.7 Å². The summed E-state index contributed by atoms with van der Waals surface area (Å²) in [5.41, 5.74) is 2.23. The number of carbonyl (C=O) groups excluding carboxylic acids is 1. The lowest BCUT2D eigenvalue weighted by Crippen LogP contribution is -2.20. The summed E-state index contributed by atoms with van der Waals surface area (Å²) in [4.78, 5) is 18.4. The number of pyridine rings is 1. The molecule has 0 saturated heterocycles. The monoisotopic (exact) mass is 457 g/mol. The predicted octanol–water partition coefficient (Wildman–Crippen LogP) is 6.63. The van der Waals surface area contributed by atoms with E-state index in [1.807, 2.05) is 13.8 Å². The number of ketones is 1. The molecule has 0 saturated carbocycles. The molecule has 1 unspecified atom stereocenters. The molecule has 3 nitrogen and oxygen atoms in total. The number of aliphatic hydroxyl groups excluding tert-OH is 1. The minimum absolute atomic E-state index is 0.0836. The Labute approximate surface area is 189 Å². The van der Waals surface area contributed by atoms with Crippen molar-refractivity contribution in [3.05, 3.63) is 88.0 Å².